The van der Waals surface area contributed by atoms with Gasteiger partial charge in [-0.1, -0.05) is 48.5 Å². The molecule has 10 rings (SSSR count). The highest BCUT2D eigenvalue weighted by Gasteiger charge is 2.40. The van der Waals surface area contributed by atoms with Crippen LogP contribution in [0.1, 0.15) is 142 Å². The number of esters is 1. The number of carboxylic acids is 1. The minimum Gasteiger partial charge on any atom is -0.481 e. The number of nitrogens with zero attached hydrogens (tertiary/aromatic N) is 4. The van der Waals surface area contributed by atoms with Crippen molar-refractivity contribution in [1.29, 1.82) is 0 Å². The molecule has 0 unspecified atom stereocenters. The molecule has 2 amide bonds. The molecule has 0 spiro atoms. The van der Waals surface area contributed by atoms with Gasteiger partial charge in [-0.25, -0.2) is 9.59 Å². The van der Waals surface area contributed by atoms with Crippen molar-refractivity contribution in [1.82, 2.24) is 19.6 Å². The van der Waals surface area contributed by atoms with Crippen molar-refractivity contribution in [3.63, 3.8) is 0 Å². The summed E-state index contributed by atoms with van der Waals surface area (Å²) in [5.74, 6) is -1.51. The van der Waals surface area contributed by atoms with Crippen LogP contribution in [0.4, 0.5) is 9.59 Å². The first-order valence-electron chi connectivity index (χ1n) is 28.9. The maximum absolute atomic E-state index is 13.3. The number of benzene rings is 4. The summed E-state index contributed by atoms with van der Waals surface area (Å²) in [6, 6.07) is 19.2. The van der Waals surface area contributed by atoms with Crippen LogP contribution in [0.5, 0.6) is 0 Å². The highest BCUT2D eigenvalue weighted by Crippen LogP contribution is 2.44. The lowest BCUT2D eigenvalue weighted by atomic mass is 9.83. The molecule has 0 atom stereocenters. The van der Waals surface area contributed by atoms with Gasteiger partial charge in [-0.2, -0.15) is 0 Å². The van der Waals surface area contributed by atoms with Crippen molar-refractivity contribution in [2.75, 3.05) is 66.6 Å². The standard InChI is InChI=1S/C33H38N2O7.C22H21NO4.C11H19NO4/c1-19-8-7-9-23-22(19)10-11-24-27(23)29(37)28(36)26-20(2)25(41-30(24)26)18-34(6)16-17-40-31(38)21-12-14-35(15-13-21)32(39)42-33(3,4)5;1-12-5-4-6-15-14(12)7-8-16-19(15)21(26)20(25)18-13(2)17(27-22(16)18)11-23(3)9-10-24;1-11(2,3)16-10(15)12-6-4-8(5-7-12)9(13)14/h7-11,21H,12-18H2,1-6H3;4-8,24H,9-11H2,1-3H3;8H,4-7H2,1-3H3,(H,13,14). The lowest BCUT2D eigenvalue weighted by Gasteiger charge is -2.32. The van der Waals surface area contributed by atoms with Gasteiger partial charge in [0.05, 0.1) is 42.7 Å². The van der Waals surface area contributed by atoms with Gasteiger partial charge in [-0.15, -0.1) is 0 Å². The van der Waals surface area contributed by atoms with E-state index in [9.17, 15) is 38.4 Å². The Balaban J connectivity index is 0.000000186. The van der Waals surface area contributed by atoms with E-state index in [1.165, 1.54) is 0 Å². The first-order valence-corrected chi connectivity index (χ1v) is 28.9. The van der Waals surface area contributed by atoms with E-state index in [1.807, 2.05) is 147 Å². The van der Waals surface area contributed by atoms with Crippen LogP contribution in [0.15, 0.2) is 69.5 Å². The second kappa shape index (κ2) is 25.7. The molecule has 2 aliphatic heterocycles. The molecule has 4 heterocycles. The summed E-state index contributed by atoms with van der Waals surface area (Å²) >= 11 is 0. The topological polar surface area (TPSA) is 244 Å². The number of aliphatic hydroxyl groups excluding tert-OH is 1. The summed E-state index contributed by atoms with van der Waals surface area (Å²) in [7, 11) is 3.75. The summed E-state index contributed by atoms with van der Waals surface area (Å²) in [4.78, 5) is 107. The van der Waals surface area contributed by atoms with Gasteiger partial charge >= 0.3 is 24.1 Å². The van der Waals surface area contributed by atoms with E-state index in [4.69, 9.17) is 33.3 Å². The number of carbonyl (C=O) groups is 8. The second-order valence-corrected chi connectivity index (χ2v) is 24.5. The third-order valence-corrected chi connectivity index (χ3v) is 15.9. The summed E-state index contributed by atoms with van der Waals surface area (Å²) in [6.45, 7) is 22.4. The van der Waals surface area contributed by atoms with Crippen LogP contribution in [-0.4, -0.2) is 155 Å². The number of fused-ring (bicyclic) bond motifs is 10. The average molecular weight is 1170 g/mol. The molecule has 2 fully saturated rings. The van der Waals surface area contributed by atoms with Crippen LogP contribution in [0.2, 0.25) is 0 Å². The molecule has 4 aliphatic rings. The molecular weight excluding hydrogens is 1090 g/mol. The van der Waals surface area contributed by atoms with Crippen molar-refractivity contribution >= 4 is 68.8 Å². The summed E-state index contributed by atoms with van der Waals surface area (Å²) < 4.78 is 28.5. The van der Waals surface area contributed by atoms with Crippen LogP contribution < -0.4 is 0 Å². The maximum atomic E-state index is 13.3. The Bertz CT molecular complexity index is 3600. The number of Topliss-reactive ketones (excluding diaryl/α,β-unsaturated/α-hetero) is 4. The van der Waals surface area contributed by atoms with E-state index in [0.717, 1.165) is 32.7 Å². The fraction of sp³-hybridized carbons (Fsp3) is 0.455. The molecule has 0 saturated carbocycles. The molecule has 6 aromatic rings. The number of furan rings is 2. The number of aliphatic hydroxyl groups is 1. The van der Waals surface area contributed by atoms with E-state index in [0.29, 0.717) is 146 Å². The van der Waals surface area contributed by atoms with Crippen molar-refractivity contribution in [3.05, 3.63) is 117 Å². The van der Waals surface area contributed by atoms with Crippen LogP contribution >= 0.6 is 0 Å². The zero-order chi connectivity index (χ0) is 62.0. The van der Waals surface area contributed by atoms with E-state index in [-0.39, 0.29) is 43.2 Å². The number of piperidine rings is 2. The first-order chi connectivity index (χ1) is 40.1. The van der Waals surface area contributed by atoms with Crippen LogP contribution in [-0.2, 0) is 36.9 Å². The average Bonchev–Trinajstić information content (AvgIpc) is 2.12. The summed E-state index contributed by atoms with van der Waals surface area (Å²) in [5, 5.41) is 21.4. The van der Waals surface area contributed by atoms with Gasteiger partial charge in [0, 0.05) is 72.6 Å². The molecule has 2 N–H and O–H groups in total. The highest BCUT2D eigenvalue weighted by molar-refractivity contribution is 6.55. The van der Waals surface area contributed by atoms with Crippen LogP contribution in [0.25, 0.3) is 44.2 Å². The third kappa shape index (κ3) is 13.9. The van der Waals surface area contributed by atoms with Gasteiger partial charge in [-0.05, 0) is 154 Å². The number of likely N-dealkylation sites (tertiary alicyclic amines) is 2. The molecule has 2 aliphatic carbocycles. The van der Waals surface area contributed by atoms with Crippen molar-refractivity contribution in [2.45, 2.75) is 119 Å². The van der Waals surface area contributed by atoms with Crippen LogP contribution in [0, 0.1) is 39.5 Å². The number of rotatable bonds is 11. The fourth-order valence-corrected chi connectivity index (χ4v) is 11.2. The lowest BCUT2D eigenvalue weighted by Crippen LogP contribution is -2.43. The Kier molecular flexibility index (Phi) is 19.1. The van der Waals surface area contributed by atoms with Gasteiger partial charge in [0.25, 0.3) is 0 Å². The molecule has 19 nitrogen and oxygen atoms in total. The number of ether oxygens (including phenoxy) is 3. The first kappa shape index (κ1) is 63.0. The van der Waals surface area contributed by atoms with Gasteiger partial charge < -0.3 is 43.1 Å². The molecule has 85 heavy (non-hydrogen) atoms. The molecule has 0 radical (unpaired) electrons. The molecule has 19 heteroatoms. The van der Waals surface area contributed by atoms with Crippen molar-refractivity contribution in [3.8, 4) is 22.6 Å². The van der Waals surface area contributed by atoms with E-state index < -0.39 is 40.3 Å². The van der Waals surface area contributed by atoms with Gasteiger partial charge in [0.1, 0.15) is 40.8 Å². The van der Waals surface area contributed by atoms with E-state index in [2.05, 4.69) is 0 Å². The Hall–Kier alpha value is -8.00. The predicted octanol–water partition coefficient (Wildman–Crippen LogP) is 11.0. The summed E-state index contributed by atoms with van der Waals surface area (Å²) in [5.41, 5.74) is 5.21. The largest absolute Gasteiger partial charge is 0.481 e. The van der Waals surface area contributed by atoms with Gasteiger partial charge in [-0.3, -0.25) is 38.6 Å². The number of hydrogen-bond acceptors (Lipinski definition) is 16. The lowest BCUT2D eigenvalue weighted by molar-refractivity contribution is -0.150. The third-order valence-electron chi connectivity index (χ3n) is 15.9. The zero-order valence-corrected chi connectivity index (χ0v) is 50.8. The monoisotopic (exact) mass is 1170 g/mol. The molecule has 452 valence electrons. The molecular formula is C66H78N4O15. The van der Waals surface area contributed by atoms with Gasteiger partial charge in [0.15, 0.2) is 0 Å². The number of hydrogen-bond donors (Lipinski definition) is 2. The number of aryl methyl sites for hydroxylation is 2. The number of ketones is 4. The van der Waals surface area contributed by atoms with Gasteiger partial charge in [0.2, 0.25) is 23.1 Å². The minimum atomic E-state index is -0.774. The quantitative estimate of drug-likeness (QED) is 0.0696. The highest BCUT2D eigenvalue weighted by atomic mass is 16.6. The normalized spacial score (nSPS) is 15.4. The Labute approximate surface area is 495 Å². The number of carbonyl (C=O) groups excluding carboxylic acids is 7. The summed E-state index contributed by atoms with van der Waals surface area (Å²) in [6.07, 6.45) is 1.38. The molecule has 0 bridgehead atoms. The molecule has 4 aromatic carbocycles. The zero-order valence-electron chi connectivity index (χ0n) is 50.8. The van der Waals surface area contributed by atoms with Crippen molar-refractivity contribution < 1.29 is 71.6 Å². The number of amides is 2. The van der Waals surface area contributed by atoms with Crippen molar-refractivity contribution in [2.24, 2.45) is 11.8 Å². The second-order valence-electron chi connectivity index (χ2n) is 24.5. The predicted molar refractivity (Wildman–Crippen MR) is 319 cm³/mol. The molecule has 2 aromatic heterocycles. The maximum Gasteiger partial charge on any atom is 0.410 e. The minimum absolute atomic E-state index is 0.0432. The number of aliphatic carboxylic acids is 1. The smallest absolute Gasteiger partial charge is 0.410 e. The van der Waals surface area contributed by atoms with E-state index >= 15 is 0 Å². The fourth-order valence-electron chi connectivity index (χ4n) is 11.2. The van der Waals surface area contributed by atoms with Crippen LogP contribution in [0.3, 0.4) is 0 Å². The number of likely N-dealkylation sites (N-methyl/N-ethyl adjacent to an activating group) is 2. The number of carboxylic acid groups (broad SMARTS) is 1. The SMILES string of the molecule is CC(C)(C)OC(=O)N1CCC(C(=O)O)CC1.Cc1c(CN(C)CCO)oc2c1C(=O)C(=O)c1c-2ccc2c(C)cccc12.Cc1c(CN(C)CCOC(=O)C2CCN(C(=O)OC(C)(C)C)CC2)oc2c1C(=O)C(=O)c1c-2ccc2c(C)cccc12. The Morgan fingerprint density at radius 1 is 0.553 bits per heavy atom. The Morgan fingerprint density at radius 2 is 0.941 bits per heavy atom. The molecule has 2 saturated heterocycles. The Morgan fingerprint density at radius 3 is 1.33 bits per heavy atom. The van der Waals surface area contributed by atoms with E-state index in [1.54, 1.807) is 16.7 Å².